The maximum Gasteiger partial charge on any atom is 0.146 e. The summed E-state index contributed by atoms with van der Waals surface area (Å²) in [5.74, 6) is 0.302. The molecule has 1 fully saturated rings. The van der Waals surface area contributed by atoms with E-state index in [2.05, 4.69) is 4.90 Å². The highest BCUT2D eigenvalue weighted by atomic mass is 16.3. The van der Waals surface area contributed by atoms with Gasteiger partial charge in [-0.15, -0.1) is 0 Å². The van der Waals surface area contributed by atoms with Gasteiger partial charge >= 0.3 is 0 Å². The van der Waals surface area contributed by atoms with Gasteiger partial charge in [-0.05, 0) is 25.8 Å². The SMILES string of the molecule is CCCC(=O)CN1CCCC(O)C1. The van der Waals surface area contributed by atoms with Crippen molar-refractivity contribution in [3.63, 3.8) is 0 Å². The van der Waals surface area contributed by atoms with E-state index in [1.807, 2.05) is 6.92 Å². The Hall–Kier alpha value is -0.410. The summed E-state index contributed by atoms with van der Waals surface area (Å²) >= 11 is 0. The molecule has 3 nitrogen and oxygen atoms in total. The highest BCUT2D eigenvalue weighted by Crippen LogP contribution is 2.09. The highest BCUT2D eigenvalue weighted by Gasteiger charge is 2.18. The summed E-state index contributed by atoms with van der Waals surface area (Å²) in [6.07, 6.45) is 3.28. The molecule has 0 radical (unpaired) electrons. The zero-order chi connectivity index (χ0) is 9.68. The van der Waals surface area contributed by atoms with E-state index in [-0.39, 0.29) is 6.10 Å². The average molecular weight is 185 g/mol. The summed E-state index contributed by atoms with van der Waals surface area (Å²) in [7, 11) is 0. The van der Waals surface area contributed by atoms with Crippen molar-refractivity contribution in [3.8, 4) is 0 Å². The molecular weight excluding hydrogens is 166 g/mol. The molecule has 0 aromatic carbocycles. The molecule has 0 aromatic rings. The third kappa shape index (κ3) is 3.87. The Bertz CT molecular complexity index is 170. The lowest BCUT2D eigenvalue weighted by molar-refractivity contribution is -0.120. The number of nitrogens with zero attached hydrogens (tertiary/aromatic N) is 1. The van der Waals surface area contributed by atoms with Crippen LogP contribution in [0.4, 0.5) is 0 Å². The van der Waals surface area contributed by atoms with Crippen LogP contribution in [-0.2, 0) is 4.79 Å². The zero-order valence-corrected chi connectivity index (χ0v) is 8.33. The number of likely N-dealkylation sites (tertiary alicyclic amines) is 1. The number of carbonyl (C=O) groups excluding carboxylic acids is 1. The number of aliphatic hydroxyl groups excluding tert-OH is 1. The molecule has 0 bridgehead atoms. The lowest BCUT2D eigenvalue weighted by Crippen LogP contribution is -2.41. The average Bonchev–Trinajstić information content (AvgIpc) is 2.04. The van der Waals surface area contributed by atoms with Gasteiger partial charge < -0.3 is 5.11 Å². The van der Waals surface area contributed by atoms with Crippen LogP contribution in [0.25, 0.3) is 0 Å². The van der Waals surface area contributed by atoms with Gasteiger partial charge in [0.25, 0.3) is 0 Å². The second-order valence-electron chi connectivity index (χ2n) is 3.82. The maximum atomic E-state index is 11.3. The summed E-state index contributed by atoms with van der Waals surface area (Å²) in [5, 5.41) is 9.37. The van der Waals surface area contributed by atoms with Gasteiger partial charge in [0.2, 0.25) is 0 Å². The summed E-state index contributed by atoms with van der Waals surface area (Å²) in [5.41, 5.74) is 0. The third-order valence-electron chi connectivity index (χ3n) is 2.41. The van der Waals surface area contributed by atoms with Gasteiger partial charge in [-0.2, -0.15) is 0 Å². The molecule has 1 N–H and O–H groups in total. The van der Waals surface area contributed by atoms with E-state index < -0.39 is 0 Å². The minimum Gasteiger partial charge on any atom is -0.392 e. The maximum absolute atomic E-state index is 11.3. The smallest absolute Gasteiger partial charge is 0.146 e. The molecule has 1 saturated heterocycles. The van der Waals surface area contributed by atoms with Gasteiger partial charge in [0.15, 0.2) is 0 Å². The van der Waals surface area contributed by atoms with Crippen LogP contribution in [-0.4, -0.2) is 41.5 Å². The molecule has 1 heterocycles. The van der Waals surface area contributed by atoms with Gasteiger partial charge in [0, 0.05) is 13.0 Å². The van der Waals surface area contributed by atoms with Crippen LogP contribution in [0.5, 0.6) is 0 Å². The van der Waals surface area contributed by atoms with Gasteiger partial charge in [0.1, 0.15) is 5.78 Å². The summed E-state index contributed by atoms with van der Waals surface area (Å²) in [4.78, 5) is 13.4. The van der Waals surface area contributed by atoms with Crippen LogP contribution >= 0.6 is 0 Å². The quantitative estimate of drug-likeness (QED) is 0.704. The van der Waals surface area contributed by atoms with Crippen molar-refractivity contribution in [2.24, 2.45) is 0 Å². The summed E-state index contributed by atoms with van der Waals surface area (Å²) < 4.78 is 0. The molecule has 0 aliphatic carbocycles. The third-order valence-corrected chi connectivity index (χ3v) is 2.41. The zero-order valence-electron chi connectivity index (χ0n) is 8.33. The number of hydrogen-bond donors (Lipinski definition) is 1. The number of β-amino-alcohol motifs (C(OH)–C–C–N with tert-alkyl or cyclic N) is 1. The molecule has 0 saturated carbocycles. The normalized spacial score (nSPS) is 24.6. The first-order valence-electron chi connectivity index (χ1n) is 5.14. The van der Waals surface area contributed by atoms with Gasteiger partial charge in [-0.1, -0.05) is 6.92 Å². The second-order valence-corrected chi connectivity index (χ2v) is 3.82. The monoisotopic (exact) mass is 185 g/mol. The molecule has 1 aliphatic rings. The summed E-state index contributed by atoms with van der Waals surface area (Å²) in [6, 6.07) is 0. The second kappa shape index (κ2) is 5.35. The molecule has 3 heteroatoms. The number of rotatable bonds is 4. The van der Waals surface area contributed by atoms with E-state index in [0.717, 1.165) is 25.8 Å². The fourth-order valence-electron chi connectivity index (χ4n) is 1.78. The topological polar surface area (TPSA) is 40.5 Å². The number of carbonyl (C=O) groups is 1. The molecule has 0 spiro atoms. The number of ketones is 1. The van der Waals surface area contributed by atoms with Crippen molar-refractivity contribution in [1.29, 1.82) is 0 Å². The molecule has 13 heavy (non-hydrogen) atoms. The Balaban J connectivity index is 2.23. The molecule has 1 unspecified atom stereocenters. The van der Waals surface area contributed by atoms with E-state index in [1.165, 1.54) is 0 Å². The standard InChI is InChI=1S/C10H19NO2/c1-2-4-9(12)7-11-6-3-5-10(13)8-11/h10,13H,2-8H2,1H3. The van der Waals surface area contributed by atoms with Crippen molar-refractivity contribution >= 4 is 5.78 Å². The molecule has 1 aliphatic heterocycles. The minimum absolute atomic E-state index is 0.219. The van der Waals surface area contributed by atoms with Crippen LogP contribution in [0, 0.1) is 0 Å². The fraction of sp³-hybridized carbons (Fsp3) is 0.900. The van der Waals surface area contributed by atoms with E-state index in [1.54, 1.807) is 0 Å². The predicted molar refractivity (Wildman–Crippen MR) is 51.6 cm³/mol. The van der Waals surface area contributed by atoms with Gasteiger partial charge in [-0.25, -0.2) is 0 Å². The summed E-state index contributed by atoms with van der Waals surface area (Å²) in [6.45, 7) is 4.19. The Morgan fingerprint density at radius 2 is 2.38 bits per heavy atom. The molecule has 0 amide bonds. The van der Waals surface area contributed by atoms with Crippen LogP contribution in [0.15, 0.2) is 0 Å². The van der Waals surface area contributed by atoms with Crippen LogP contribution in [0.2, 0.25) is 0 Å². The first-order chi connectivity index (χ1) is 6.22. The van der Waals surface area contributed by atoms with Crippen molar-refractivity contribution < 1.29 is 9.90 Å². The van der Waals surface area contributed by atoms with E-state index in [4.69, 9.17) is 0 Å². The van der Waals surface area contributed by atoms with E-state index in [0.29, 0.717) is 25.3 Å². The van der Waals surface area contributed by atoms with E-state index >= 15 is 0 Å². The van der Waals surface area contributed by atoms with Crippen LogP contribution in [0.1, 0.15) is 32.6 Å². The lowest BCUT2D eigenvalue weighted by Gasteiger charge is -2.29. The first kappa shape index (κ1) is 10.7. The van der Waals surface area contributed by atoms with Crippen molar-refractivity contribution in [1.82, 2.24) is 4.90 Å². The highest BCUT2D eigenvalue weighted by molar-refractivity contribution is 5.80. The first-order valence-corrected chi connectivity index (χ1v) is 5.14. The number of piperidine rings is 1. The predicted octanol–water partition coefficient (Wildman–Crippen LogP) is 0.812. The number of Topliss-reactive ketones (excluding diaryl/α,β-unsaturated/α-hetero) is 1. The van der Waals surface area contributed by atoms with Gasteiger partial charge in [-0.3, -0.25) is 9.69 Å². The Morgan fingerprint density at radius 1 is 1.62 bits per heavy atom. The van der Waals surface area contributed by atoms with Crippen molar-refractivity contribution in [2.75, 3.05) is 19.6 Å². The largest absolute Gasteiger partial charge is 0.392 e. The van der Waals surface area contributed by atoms with Crippen molar-refractivity contribution in [3.05, 3.63) is 0 Å². The molecular formula is C10H19NO2. The fourth-order valence-corrected chi connectivity index (χ4v) is 1.78. The van der Waals surface area contributed by atoms with E-state index in [9.17, 15) is 9.90 Å². The van der Waals surface area contributed by atoms with Crippen LogP contribution in [0.3, 0.4) is 0 Å². The molecule has 1 atom stereocenters. The number of hydrogen-bond acceptors (Lipinski definition) is 3. The molecule has 1 rings (SSSR count). The molecule has 76 valence electrons. The minimum atomic E-state index is -0.219. The van der Waals surface area contributed by atoms with Crippen molar-refractivity contribution in [2.45, 2.75) is 38.7 Å². The molecule has 0 aromatic heterocycles. The Labute approximate surface area is 79.7 Å². The Morgan fingerprint density at radius 3 is 3.00 bits per heavy atom. The van der Waals surface area contributed by atoms with Gasteiger partial charge in [0.05, 0.1) is 12.6 Å². The lowest BCUT2D eigenvalue weighted by atomic mass is 10.1. The Kier molecular flexibility index (Phi) is 4.39. The number of aliphatic hydroxyl groups is 1. The van der Waals surface area contributed by atoms with Crippen LogP contribution < -0.4 is 0 Å².